The van der Waals surface area contributed by atoms with Crippen molar-refractivity contribution in [3.05, 3.63) is 36.8 Å². The molecule has 9 heteroatoms. The lowest BCUT2D eigenvalue weighted by Gasteiger charge is -2.34. The van der Waals surface area contributed by atoms with E-state index in [1.807, 2.05) is 34.6 Å². The van der Waals surface area contributed by atoms with Crippen LogP contribution in [-0.2, 0) is 11.8 Å². The third-order valence-electron chi connectivity index (χ3n) is 4.99. The van der Waals surface area contributed by atoms with Crippen LogP contribution in [0.4, 0.5) is 5.82 Å². The fourth-order valence-electron chi connectivity index (χ4n) is 3.57. The van der Waals surface area contributed by atoms with E-state index < -0.39 is 0 Å². The maximum atomic E-state index is 5.59. The first-order chi connectivity index (χ1) is 13.2. The molecule has 0 spiro atoms. The van der Waals surface area contributed by atoms with Gasteiger partial charge in [0.1, 0.15) is 5.69 Å². The first kappa shape index (κ1) is 16.0. The Balaban J connectivity index is 1.76. The van der Waals surface area contributed by atoms with E-state index in [1.54, 1.807) is 12.4 Å². The van der Waals surface area contributed by atoms with Gasteiger partial charge in [-0.1, -0.05) is 0 Å². The largest absolute Gasteiger partial charge is 0.377 e. The number of aromatic amines is 1. The van der Waals surface area contributed by atoms with Gasteiger partial charge in [0.2, 0.25) is 0 Å². The third-order valence-corrected chi connectivity index (χ3v) is 4.99. The number of H-pyrrole nitrogens is 1. The van der Waals surface area contributed by atoms with Crippen molar-refractivity contribution in [3.63, 3.8) is 0 Å². The fraction of sp³-hybridized carbons (Fsp3) is 0.333. The minimum Gasteiger partial charge on any atom is -0.377 e. The van der Waals surface area contributed by atoms with E-state index in [9.17, 15) is 0 Å². The van der Waals surface area contributed by atoms with Crippen LogP contribution in [0.5, 0.6) is 0 Å². The first-order valence-electron chi connectivity index (χ1n) is 8.93. The van der Waals surface area contributed by atoms with Crippen molar-refractivity contribution in [2.45, 2.75) is 13.0 Å². The summed E-state index contributed by atoms with van der Waals surface area (Å²) in [6, 6.07) is 6.26. The molecular formula is C18H20N8O. The Bertz CT molecular complexity index is 1080. The van der Waals surface area contributed by atoms with Crippen molar-refractivity contribution in [1.29, 1.82) is 0 Å². The van der Waals surface area contributed by atoms with Crippen LogP contribution in [0.15, 0.2) is 36.8 Å². The van der Waals surface area contributed by atoms with Gasteiger partial charge in [0, 0.05) is 31.5 Å². The van der Waals surface area contributed by atoms with Gasteiger partial charge in [0.25, 0.3) is 0 Å². The lowest BCUT2D eigenvalue weighted by atomic mass is 10.2. The zero-order chi connectivity index (χ0) is 18.4. The molecule has 9 nitrogen and oxygen atoms in total. The number of nitrogens with one attached hydrogen (secondary N) is 1. The summed E-state index contributed by atoms with van der Waals surface area (Å²) in [7, 11) is 1.93. The number of fused-ring (bicyclic) bond motifs is 1. The molecule has 0 radical (unpaired) electrons. The van der Waals surface area contributed by atoms with Crippen LogP contribution in [0.1, 0.15) is 6.92 Å². The summed E-state index contributed by atoms with van der Waals surface area (Å²) in [4.78, 5) is 6.92. The molecule has 0 amide bonds. The van der Waals surface area contributed by atoms with Crippen molar-refractivity contribution in [2.75, 3.05) is 24.7 Å². The summed E-state index contributed by atoms with van der Waals surface area (Å²) in [6.45, 7) is 4.34. The Kier molecular flexibility index (Phi) is 3.68. The monoisotopic (exact) mass is 364 g/mol. The number of morpholine rings is 1. The van der Waals surface area contributed by atoms with Gasteiger partial charge in [-0.15, -0.1) is 5.10 Å². The summed E-state index contributed by atoms with van der Waals surface area (Å²) in [5.74, 6) is 0.897. The van der Waals surface area contributed by atoms with E-state index in [0.29, 0.717) is 13.2 Å². The summed E-state index contributed by atoms with van der Waals surface area (Å²) in [5, 5.41) is 16.3. The molecule has 0 saturated carbocycles. The van der Waals surface area contributed by atoms with Crippen LogP contribution < -0.4 is 4.90 Å². The van der Waals surface area contributed by atoms with Gasteiger partial charge in [-0.2, -0.15) is 10.2 Å². The molecule has 5 rings (SSSR count). The zero-order valence-corrected chi connectivity index (χ0v) is 15.2. The van der Waals surface area contributed by atoms with E-state index in [2.05, 4.69) is 38.2 Å². The zero-order valence-electron chi connectivity index (χ0n) is 15.2. The SMILES string of the molecule is CC1COCCN1c1cc(-c2ccnn2C)c2ncc(-c3ccn[nH]3)n2n1. The Hall–Kier alpha value is -3.20. The maximum absolute atomic E-state index is 5.59. The molecular weight excluding hydrogens is 344 g/mol. The molecule has 0 aliphatic carbocycles. The van der Waals surface area contributed by atoms with E-state index in [4.69, 9.17) is 9.84 Å². The van der Waals surface area contributed by atoms with Crippen LogP contribution in [0.25, 0.3) is 28.3 Å². The van der Waals surface area contributed by atoms with Crippen molar-refractivity contribution in [1.82, 2.24) is 34.6 Å². The lowest BCUT2D eigenvalue weighted by Crippen LogP contribution is -2.44. The molecule has 1 aliphatic heterocycles. The highest BCUT2D eigenvalue weighted by atomic mass is 16.5. The van der Waals surface area contributed by atoms with E-state index in [0.717, 1.165) is 40.7 Å². The fourth-order valence-corrected chi connectivity index (χ4v) is 3.57. The molecule has 1 N–H and O–H groups in total. The molecule has 0 bridgehead atoms. The van der Waals surface area contributed by atoms with Gasteiger partial charge in [-0.3, -0.25) is 9.78 Å². The minimum absolute atomic E-state index is 0.252. The molecule has 1 saturated heterocycles. The van der Waals surface area contributed by atoms with Gasteiger partial charge in [-0.25, -0.2) is 9.50 Å². The molecule has 1 unspecified atom stereocenters. The lowest BCUT2D eigenvalue weighted by molar-refractivity contribution is 0.0984. The van der Waals surface area contributed by atoms with Crippen LogP contribution in [0.2, 0.25) is 0 Å². The molecule has 138 valence electrons. The quantitative estimate of drug-likeness (QED) is 0.596. The molecule has 27 heavy (non-hydrogen) atoms. The van der Waals surface area contributed by atoms with Crippen molar-refractivity contribution in [2.24, 2.45) is 7.05 Å². The summed E-state index contributed by atoms with van der Waals surface area (Å²) in [5.41, 5.74) is 4.51. The second-order valence-corrected chi connectivity index (χ2v) is 6.72. The van der Waals surface area contributed by atoms with Gasteiger partial charge in [-0.05, 0) is 25.1 Å². The van der Waals surface area contributed by atoms with Crippen LogP contribution in [0, 0.1) is 0 Å². The number of hydrogen-bond acceptors (Lipinski definition) is 6. The van der Waals surface area contributed by atoms with Crippen LogP contribution >= 0.6 is 0 Å². The smallest absolute Gasteiger partial charge is 0.163 e. The van der Waals surface area contributed by atoms with Crippen molar-refractivity contribution < 1.29 is 4.74 Å². The van der Waals surface area contributed by atoms with Gasteiger partial charge in [0.15, 0.2) is 11.5 Å². The van der Waals surface area contributed by atoms with Crippen LogP contribution in [-0.4, -0.2) is 60.4 Å². The topological polar surface area (TPSA) is 89.2 Å². The molecule has 5 heterocycles. The highest BCUT2D eigenvalue weighted by Crippen LogP contribution is 2.30. The average molecular weight is 364 g/mol. The second kappa shape index (κ2) is 6.20. The number of imidazole rings is 1. The predicted molar refractivity (Wildman–Crippen MR) is 100 cm³/mol. The summed E-state index contributed by atoms with van der Waals surface area (Å²) < 4.78 is 9.33. The number of aryl methyl sites for hydroxylation is 1. The number of rotatable bonds is 3. The normalized spacial score (nSPS) is 17.7. The Morgan fingerprint density at radius 3 is 2.89 bits per heavy atom. The van der Waals surface area contributed by atoms with E-state index in [1.165, 1.54) is 0 Å². The van der Waals surface area contributed by atoms with E-state index >= 15 is 0 Å². The van der Waals surface area contributed by atoms with Gasteiger partial charge in [0.05, 0.1) is 36.8 Å². The maximum Gasteiger partial charge on any atom is 0.163 e. The van der Waals surface area contributed by atoms with Crippen molar-refractivity contribution >= 4 is 11.5 Å². The number of ether oxygens (including phenoxy) is 1. The minimum atomic E-state index is 0.252. The van der Waals surface area contributed by atoms with E-state index in [-0.39, 0.29) is 6.04 Å². The highest BCUT2D eigenvalue weighted by molar-refractivity contribution is 5.79. The molecule has 1 atom stereocenters. The number of anilines is 1. The Morgan fingerprint density at radius 1 is 1.22 bits per heavy atom. The highest BCUT2D eigenvalue weighted by Gasteiger charge is 2.24. The number of nitrogens with zero attached hydrogens (tertiary/aromatic N) is 7. The van der Waals surface area contributed by atoms with Gasteiger partial charge < -0.3 is 9.64 Å². The molecule has 0 aromatic carbocycles. The molecule has 4 aromatic heterocycles. The van der Waals surface area contributed by atoms with Crippen LogP contribution in [0.3, 0.4) is 0 Å². The average Bonchev–Trinajstić information content (AvgIpc) is 3.41. The Morgan fingerprint density at radius 2 is 2.15 bits per heavy atom. The molecule has 1 fully saturated rings. The summed E-state index contributed by atoms with van der Waals surface area (Å²) in [6.07, 6.45) is 5.34. The molecule has 1 aliphatic rings. The van der Waals surface area contributed by atoms with Gasteiger partial charge >= 0.3 is 0 Å². The predicted octanol–water partition coefficient (Wildman–Crippen LogP) is 1.74. The third kappa shape index (κ3) is 2.58. The van der Waals surface area contributed by atoms with Crippen molar-refractivity contribution in [3.8, 4) is 22.6 Å². The number of aromatic nitrogens is 7. The standard InChI is InChI=1S/C18H20N8O/c1-12-11-27-8-7-25(12)17-9-13(15-4-6-21-24(15)2)18-19-10-16(26(18)23-17)14-3-5-20-22-14/h3-6,9-10,12H,7-8,11H2,1-2H3,(H,20,22). The Labute approximate surface area is 155 Å². The number of hydrogen-bond donors (Lipinski definition) is 1. The first-order valence-corrected chi connectivity index (χ1v) is 8.93. The molecule has 4 aromatic rings. The summed E-state index contributed by atoms with van der Waals surface area (Å²) >= 11 is 0. The second-order valence-electron chi connectivity index (χ2n) is 6.72.